The number of carbonyl (C=O) groups is 1. The number of hydrogen-bond acceptors (Lipinski definition) is 5. The summed E-state index contributed by atoms with van der Waals surface area (Å²) in [5, 5.41) is 2.06. The first kappa shape index (κ1) is 15.9. The third-order valence-electron chi connectivity index (χ3n) is 4.33. The van der Waals surface area contributed by atoms with Crippen LogP contribution in [0.1, 0.15) is 29.8 Å². The van der Waals surface area contributed by atoms with Crippen molar-refractivity contribution >= 4 is 23.1 Å². The Hall–Kier alpha value is -1.95. The molecule has 2 N–H and O–H groups in total. The first-order valence-corrected chi connectivity index (χ1v) is 8.96. The number of thiophene rings is 1. The number of likely N-dealkylation sites (tertiary alicyclic amines) is 1. The van der Waals surface area contributed by atoms with Gasteiger partial charge in [-0.25, -0.2) is 4.98 Å². The summed E-state index contributed by atoms with van der Waals surface area (Å²) in [5.41, 5.74) is 6.73. The van der Waals surface area contributed by atoms with Gasteiger partial charge < -0.3 is 10.6 Å². The van der Waals surface area contributed by atoms with Gasteiger partial charge in [-0.2, -0.15) is 0 Å². The Balaban J connectivity index is 1.53. The number of amides is 1. The van der Waals surface area contributed by atoms with Crippen molar-refractivity contribution in [3.05, 3.63) is 40.5 Å². The van der Waals surface area contributed by atoms with E-state index in [9.17, 15) is 4.79 Å². The topological polar surface area (TPSA) is 72.1 Å². The van der Waals surface area contributed by atoms with E-state index in [0.29, 0.717) is 18.2 Å². The van der Waals surface area contributed by atoms with Crippen LogP contribution in [0.15, 0.2) is 29.9 Å². The highest BCUT2D eigenvalue weighted by Crippen LogP contribution is 2.22. The number of rotatable bonds is 5. The van der Waals surface area contributed by atoms with Gasteiger partial charge in [-0.05, 0) is 43.0 Å². The Morgan fingerprint density at radius 1 is 1.39 bits per heavy atom. The average Bonchev–Trinajstić information content (AvgIpc) is 3.08. The molecule has 0 saturated carbocycles. The molecule has 6 heteroatoms. The van der Waals surface area contributed by atoms with Crippen molar-refractivity contribution in [1.82, 2.24) is 14.9 Å². The minimum atomic E-state index is 0.259. The maximum Gasteiger partial charge on any atom is 0.222 e. The Bertz CT molecular complexity index is 644. The van der Waals surface area contributed by atoms with Gasteiger partial charge in [-0.3, -0.25) is 9.78 Å². The van der Waals surface area contributed by atoms with Gasteiger partial charge in [0.25, 0.3) is 0 Å². The minimum absolute atomic E-state index is 0.259. The van der Waals surface area contributed by atoms with Crippen LogP contribution >= 0.6 is 11.3 Å². The highest BCUT2D eigenvalue weighted by atomic mass is 32.1. The molecule has 5 nitrogen and oxygen atoms in total. The first-order chi connectivity index (χ1) is 11.2. The summed E-state index contributed by atoms with van der Waals surface area (Å²) < 4.78 is 0. The van der Waals surface area contributed by atoms with Gasteiger partial charge in [0, 0.05) is 36.8 Å². The number of anilines is 1. The molecule has 0 aromatic carbocycles. The number of aryl methyl sites for hydroxylation is 1. The van der Waals surface area contributed by atoms with Crippen molar-refractivity contribution in [3.8, 4) is 0 Å². The lowest BCUT2D eigenvalue weighted by atomic mass is 9.93. The molecule has 122 valence electrons. The highest BCUT2D eigenvalue weighted by molar-refractivity contribution is 7.09. The maximum absolute atomic E-state index is 12.4. The van der Waals surface area contributed by atoms with Crippen molar-refractivity contribution < 1.29 is 4.79 Å². The zero-order valence-corrected chi connectivity index (χ0v) is 14.0. The molecule has 1 aliphatic rings. The molecule has 1 saturated heterocycles. The van der Waals surface area contributed by atoms with Gasteiger partial charge in [0.2, 0.25) is 5.91 Å². The fraction of sp³-hybridized carbons (Fsp3) is 0.471. The van der Waals surface area contributed by atoms with Gasteiger partial charge in [0.15, 0.2) is 0 Å². The standard InChI is InChI=1S/C17H22N4OS/c18-17-15(19-7-8-20-17)11-13-3-1-9-21(12-13)16(22)6-5-14-4-2-10-23-14/h2,4,7-8,10,13H,1,3,5-6,9,11-12H2,(H2,18,20). The van der Waals surface area contributed by atoms with E-state index in [1.807, 2.05) is 11.0 Å². The normalized spacial score (nSPS) is 18.1. The SMILES string of the molecule is Nc1nccnc1CC1CCCN(C(=O)CCc2cccs2)C1. The zero-order chi connectivity index (χ0) is 16.1. The molecule has 1 fully saturated rings. The van der Waals surface area contributed by atoms with Crippen molar-refractivity contribution in [3.63, 3.8) is 0 Å². The lowest BCUT2D eigenvalue weighted by molar-refractivity contribution is -0.132. The second-order valence-electron chi connectivity index (χ2n) is 6.02. The van der Waals surface area contributed by atoms with Gasteiger partial charge in [-0.15, -0.1) is 11.3 Å². The number of piperidine rings is 1. The summed E-state index contributed by atoms with van der Waals surface area (Å²) >= 11 is 1.72. The Labute approximate surface area is 140 Å². The average molecular weight is 330 g/mol. The lowest BCUT2D eigenvalue weighted by Crippen LogP contribution is -2.40. The van der Waals surface area contributed by atoms with Crippen LogP contribution in [0.4, 0.5) is 5.82 Å². The lowest BCUT2D eigenvalue weighted by Gasteiger charge is -2.33. The second kappa shape index (κ2) is 7.55. The quantitative estimate of drug-likeness (QED) is 0.914. The molecule has 3 rings (SSSR count). The number of aromatic nitrogens is 2. The van der Waals surface area contributed by atoms with E-state index >= 15 is 0 Å². The first-order valence-electron chi connectivity index (χ1n) is 8.08. The van der Waals surface area contributed by atoms with Crippen LogP contribution in [0.3, 0.4) is 0 Å². The molecular weight excluding hydrogens is 308 g/mol. The third kappa shape index (κ3) is 4.28. The van der Waals surface area contributed by atoms with E-state index in [1.54, 1.807) is 23.7 Å². The maximum atomic E-state index is 12.4. The summed E-state index contributed by atoms with van der Waals surface area (Å²) in [6, 6.07) is 4.13. The van der Waals surface area contributed by atoms with Crippen LogP contribution < -0.4 is 5.73 Å². The van der Waals surface area contributed by atoms with Gasteiger partial charge >= 0.3 is 0 Å². The number of carbonyl (C=O) groups excluding carboxylic acids is 1. The van der Waals surface area contributed by atoms with Crippen molar-refractivity contribution in [1.29, 1.82) is 0 Å². The summed E-state index contributed by atoms with van der Waals surface area (Å²) in [5.74, 6) is 1.19. The molecule has 23 heavy (non-hydrogen) atoms. The second-order valence-corrected chi connectivity index (χ2v) is 7.05. The van der Waals surface area contributed by atoms with E-state index in [2.05, 4.69) is 21.4 Å². The molecule has 1 atom stereocenters. The van der Waals surface area contributed by atoms with E-state index in [0.717, 1.165) is 44.5 Å². The van der Waals surface area contributed by atoms with Gasteiger partial charge in [-0.1, -0.05) is 6.07 Å². The predicted molar refractivity (Wildman–Crippen MR) is 92.1 cm³/mol. The van der Waals surface area contributed by atoms with E-state index in [1.165, 1.54) is 4.88 Å². The van der Waals surface area contributed by atoms with Gasteiger partial charge in [0.1, 0.15) is 5.82 Å². The van der Waals surface area contributed by atoms with E-state index in [4.69, 9.17) is 5.73 Å². The minimum Gasteiger partial charge on any atom is -0.382 e. The molecule has 2 aromatic rings. The molecule has 1 amide bonds. The van der Waals surface area contributed by atoms with Crippen LogP contribution in [-0.4, -0.2) is 33.9 Å². The van der Waals surface area contributed by atoms with Crippen molar-refractivity contribution in [2.45, 2.75) is 32.1 Å². The molecule has 2 aromatic heterocycles. The molecule has 1 aliphatic heterocycles. The highest BCUT2D eigenvalue weighted by Gasteiger charge is 2.24. The van der Waals surface area contributed by atoms with Crippen LogP contribution in [-0.2, 0) is 17.6 Å². The summed E-state index contributed by atoms with van der Waals surface area (Å²) in [7, 11) is 0. The molecule has 3 heterocycles. The molecular formula is C17H22N4OS. The Morgan fingerprint density at radius 2 is 2.26 bits per heavy atom. The van der Waals surface area contributed by atoms with Crippen LogP contribution in [0.2, 0.25) is 0 Å². The molecule has 0 radical (unpaired) electrons. The fourth-order valence-electron chi connectivity index (χ4n) is 3.11. The summed E-state index contributed by atoms with van der Waals surface area (Å²) in [4.78, 5) is 24.1. The van der Waals surface area contributed by atoms with Crippen LogP contribution in [0, 0.1) is 5.92 Å². The van der Waals surface area contributed by atoms with Crippen LogP contribution in [0.25, 0.3) is 0 Å². The van der Waals surface area contributed by atoms with Crippen LogP contribution in [0.5, 0.6) is 0 Å². The third-order valence-corrected chi connectivity index (χ3v) is 5.26. The molecule has 0 aliphatic carbocycles. The number of nitrogens with two attached hydrogens (primary N) is 1. The Morgan fingerprint density at radius 3 is 3.04 bits per heavy atom. The molecule has 0 spiro atoms. The predicted octanol–water partition coefficient (Wildman–Crippen LogP) is 2.53. The fourth-order valence-corrected chi connectivity index (χ4v) is 3.82. The zero-order valence-electron chi connectivity index (χ0n) is 13.1. The summed E-state index contributed by atoms with van der Waals surface area (Å²) in [6.07, 6.45) is 7.70. The molecule has 0 bridgehead atoms. The smallest absolute Gasteiger partial charge is 0.222 e. The largest absolute Gasteiger partial charge is 0.382 e. The van der Waals surface area contributed by atoms with Gasteiger partial charge in [0.05, 0.1) is 5.69 Å². The van der Waals surface area contributed by atoms with E-state index in [-0.39, 0.29) is 5.91 Å². The Kier molecular flexibility index (Phi) is 5.23. The monoisotopic (exact) mass is 330 g/mol. The number of nitrogen functional groups attached to an aromatic ring is 1. The van der Waals surface area contributed by atoms with Crippen molar-refractivity contribution in [2.75, 3.05) is 18.8 Å². The molecule has 1 unspecified atom stereocenters. The summed E-state index contributed by atoms with van der Waals surface area (Å²) in [6.45, 7) is 1.68. The number of nitrogens with zero attached hydrogens (tertiary/aromatic N) is 3. The number of hydrogen-bond donors (Lipinski definition) is 1. The van der Waals surface area contributed by atoms with Crippen molar-refractivity contribution in [2.24, 2.45) is 5.92 Å². The van der Waals surface area contributed by atoms with E-state index < -0.39 is 0 Å².